The fraction of sp³-hybridized carbons (Fsp3) is 0.316. The fourth-order valence-electron chi connectivity index (χ4n) is 2.36. The van der Waals surface area contributed by atoms with E-state index in [0.29, 0.717) is 0 Å². The maximum atomic E-state index is 12.6. The van der Waals surface area contributed by atoms with E-state index in [1.165, 1.54) is 0 Å². The van der Waals surface area contributed by atoms with Crippen LogP contribution in [-0.4, -0.2) is 20.0 Å². The Morgan fingerprint density at radius 2 is 1.57 bits per heavy atom. The first-order valence-corrected chi connectivity index (χ1v) is 9.18. The van der Waals surface area contributed by atoms with Crippen molar-refractivity contribution < 1.29 is 13.2 Å². The smallest absolute Gasteiger partial charge is 0.185 e. The van der Waals surface area contributed by atoms with Gasteiger partial charge in [-0.15, -0.1) is 0 Å². The van der Waals surface area contributed by atoms with E-state index in [1.54, 1.807) is 32.0 Å². The van der Waals surface area contributed by atoms with E-state index in [-0.39, 0.29) is 10.7 Å². The van der Waals surface area contributed by atoms with Gasteiger partial charge in [-0.2, -0.15) is 0 Å². The Morgan fingerprint density at radius 3 is 2.13 bits per heavy atom. The Hall–Kier alpha value is -1.94. The quantitative estimate of drug-likeness (QED) is 0.841. The number of carbonyl (C=O) groups excluding carboxylic acids is 1. The lowest BCUT2D eigenvalue weighted by atomic mass is 9.81. The first-order chi connectivity index (χ1) is 10.6. The summed E-state index contributed by atoms with van der Waals surface area (Å²) in [4.78, 5) is 12.8. The third-order valence-electron chi connectivity index (χ3n) is 4.35. The molecular weight excluding hydrogens is 308 g/mol. The molecule has 0 saturated carbocycles. The zero-order chi connectivity index (χ0) is 17.3. The van der Waals surface area contributed by atoms with Gasteiger partial charge in [0.05, 0.1) is 4.90 Å². The van der Waals surface area contributed by atoms with Gasteiger partial charge in [-0.25, -0.2) is 8.42 Å². The van der Waals surface area contributed by atoms with Crippen molar-refractivity contribution in [3.63, 3.8) is 0 Å². The Kier molecular flexibility index (Phi) is 4.76. The second-order valence-corrected chi connectivity index (χ2v) is 8.41. The number of rotatable bonds is 5. The number of sulfone groups is 1. The zero-order valence-electron chi connectivity index (χ0n) is 14.0. The van der Waals surface area contributed by atoms with E-state index in [0.717, 1.165) is 16.7 Å². The van der Waals surface area contributed by atoms with Gasteiger partial charge in [0.2, 0.25) is 0 Å². The monoisotopic (exact) mass is 330 g/mol. The number of ketones is 1. The van der Waals surface area contributed by atoms with Crippen LogP contribution >= 0.6 is 0 Å². The molecule has 3 nitrogen and oxygen atoms in total. The molecule has 0 amide bonds. The van der Waals surface area contributed by atoms with Crippen molar-refractivity contribution in [2.24, 2.45) is 0 Å². The average Bonchev–Trinajstić information content (AvgIpc) is 2.50. The summed E-state index contributed by atoms with van der Waals surface area (Å²) in [7, 11) is -3.64. The van der Waals surface area contributed by atoms with Crippen LogP contribution in [0.4, 0.5) is 0 Å². The van der Waals surface area contributed by atoms with Gasteiger partial charge in [-0.1, -0.05) is 36.4 Å². The highest BCUT2D eigenvalue weighted by molar-refractivity contribution is 7.92. The van der Waals surface area contributed by atoms with Crippen molar-refractivity contribution in [1.82, 2.24) is 0 Å². The lowest BCUT2D eigenvalue weighted by Crippen LogP contribution is -2.34. The Bertz CT molecular complexity index is 819. The predicted octanol–water partition coefficient (Wildman–Crippen LogP) is 3.62. The molecule has 0 N–H and O–H groups in total. The number of hydrogen-bond donors (Lipinski definition) is 0. The molecule has 4 heteroatoms. The van der Waals surface area contributed by atoms with Crippen molar-refractivity contribution >= 4 is 15.6 Å². The average molecular weight is 330 g/mol. The third-order valence-corrected chi connectivity index (χ3v) is 5.97. The van der Waals surface area contributed by atoms with E-state index in [2.05, 4.69) is 0 Å². The van der Waals surface area contributed by atoms with Crippen LogP contribution in [0.25, 0.3) is 0 Å². The molecule has 0 aliphatic rings. The summed E-state index contributed by atoms with van der Waals surface area (Å²) in [6, 6.07) is 14.2. The van der Waals surface area contributed by atoms with E-state index >= 15 is 0 Å². The van der Waals surface area contributed by atoms with Crippen molar-refractivity contribution in [3.8, 4) is 0 Å². The van der Waals surface area contributed by atoms with Gasteiger partial charge < -0.3 is 0 Å². The van der Waals surface area contributed by atoms with Crippen molar-refractivity contribution in [2.45, 2.75) is 38.0 Å². The largest absolute Gasteiger partial charge is 0.298 e. The molecule has 2 aromatic rings. The van der Waals surface area contributed by atoms with Crippen LogP contribution in [0.1, 0.15) is 30.5 Å². The molecule has 2 aromatic carbocycles. The molecule has 0 spiro atoms. The number of carbonyl (C=O) groups is 1. The lowest BCUT2D eigenvalue weighted by molar-refractivity contribution is -0.121. The summed E-state index contributed by atoms with van der Waals surface area (Å²) < 4.78 is 25.1. The summed E-state index contributed by atoms with van der Waals surface area (Å²) in [5.74, 6) is -0.792. The minimum absolute atomic E-state index is 0.206. The molecule has 0 atom stereocenters. The maximum absolute atomic E-state index is 12.6. The summed E-state index contributed by atoms with van der Waals surface area (Å²) >= 11 is 0. The molecule has 0 heterocycles. The molecule has 122 valence electrons. The minimum Gasteiger partial charge on any atom is -0.298 e. The van der Waals surface area contributed by atoms with E-state index in [4.69, 9.17) is 0 Å². The summed E-state index contributed by atoms with van der Waals surface area (Å²) in [6.45, 7) is 7.32. The van der Waals surface area contributed by atoms with Crippen molar-refractivity contribution in [1.29, 1.82) is 0 Å². The normalized spacial score (nSPS) is 12.2. The van der Waals surface area contributed by atoms with E-state index < -0.39 is 21.0 Å². The zero-order valence-corrected chi connectivity index (χ0v) is 14.8. The molecule has 23 heavy (non-hydrogen) atoms. The minimum atomic E-state index is -3.64. The van der Waals surface area contributed by atoms with Gasteiger partial charge in [0.1, 0.15) is 5.75 Å². The SMILES string of the molecule is Cc1ccc(S(=O)(=O)CC(=O)C(C)(C)c2ccccc2)cc1C. The van der Waals surface area contributed by atoms with Crippen LogP contribution in [-0.2, 0) is 20.0 Å². The van der Waals surface area contributed by atoms with Crippen LogP contribution in [0, 0.1) is 13.8 Å². The Labute approximate surface area is 138 Å². The van der Waals surface area contributed by atoms with Gasteiger partial charge in [-0.05, 0) is 56.5 Å². The van der Waals surface area contributed by atoms with Crippen molar-refractivity contribution in [2.75, 3.05) is 5.75 Å². The number of aryl methyl sites for hydroxylation is 2. The second-order valence-electron chi connectivity index (χ2n) is 6.42. The third kappa shape index (κ3) is 3.70. The Balaban J connectivity index is 2.29. The van der Waals surface area contributed by atoms with Crippen LogP contribution < -0.4 is 0 Å². The van der Waals surface area contributed by atoms with Gasteiger partial charge in [0.25, 0.3) is 0 Å². The predicted molar refractivity (Wildman–Crippen MR) is 92.4 cm³/mol. The highest BCUT2D eigenvalue weighted by atomic mass is 32.2. The molecule has 0 fully saturated rings. The molecule has 0 unspecified atom stereocenters. The van der Waals surface area contributed by atoms with Gasteiger partial charge in [-0.3, -0.25) is 4.79 Å². The maximum Gasteiger partial charge on any atom is 0.185 e. The van der Waals surface area contributed by atoms with Crippen LogP contribution in [0.5, 0.6) is 0 Å². The topological polar surface area (TPSA) is 51.2 Å². The first kappa shape index (κ1) is 17.4. The number of hydrogen-bond acceptors (Lipinski definition) is 3. The highest BCUT2D eigenvalue weighted by Gasteiger charge is 2.33. The van der Waals surface area contributed by atoms with Gasteiger partial charge in [0.15, 0.2) is 15.6 Å². The number of benzene rings is 2. The summed E-state index contributed by atoms with van der Waals surface area (Å²) in [5.41, 5.74) is 1.91. The van der Waals surface area contributed by atoms with Crippen LogP contribution in [0.2, 0.25) is 0 Å². The highest BCUT2D eigenvalue weighted by Crippen LogP contribution is 2.26. The fourth-order valence-corrected chi connectivity index (χ4v) is 3.86. The molecular formula is C19H22O3S. The lowest BCUT2D eigenvalue weighted by Gasteiger charge is -2.23. The van der Waals surface area contributed by atoms with Crippen LogP contribution in [0.15, 0.2) is 53.4 Å². The molecule has 0 aliphatic heterocycles. The summed E-state index contributed by atoms with van der Waals surface area (Å²) in [6.07, 6.45) is 0. The van der Waals surface area contributed by atoms with Crippen LogP contribution in [0.3, 0.4) is 0 Å². The van der Waals surface area contributed by atoms with E-state index in [9.17, 15) is 13.2 Å². The van der Waals surface area contributed by atoms with E-state index in [1.807, 2.05) is 44.2 Å². The molecule has 0 aromatic heterocycles. The van der Waals surface area contributed by atoms with Gasteiger partial charge in [0, 0.05) is 5.41 Å². The molecule has 0 saturated heterocycles. The molecule has 0 aliphatic carbocycles. The molecule has 2 rings (SSSR count). The molecule has 0 radical (unpaired) electrons. The Morgan fingerprint density at radius 1 is 0.957 bits per heavy atom. The first-order valence-electron chi connectivity index (χ1n) is 7.53. The van der Waals surface area contributed by atoms with Gasteiger partial charge >= 0.3 is 0 Å². The molecule has 0 bridgehead atoms. The standard InChI is InChI=1S/C19H22O3S/c1-14-10-11-17(12-15(14)2)23(21,22)13-18(20)19(3,4)16-8-6-5-7-9-16/h5-12H,13H2,1-4H3. The van der Waals surface area contributed by atoms with Crippen molar-refractivity contribution in [3.05, 3.63) is 65.2 Å². The number of Topliss-reactive ketones (excluding diaryl/α,β-unsaturated/α-hetero) is 1. The second kappa shape index (κ2) is 6.28. The summed E-state index contributed by atoms with van der Waals surface area (Å²) in [5, 5.41) is 0.